The Morgan fingerprint density at radius 2 is 2.56 bits per heavy atom. The van der Waals surface area contributed by atoms with Crippen LogP contribution in [0.5, 0.6) is 0 Å². The molecule has 2 rings (SSSR count). The molecular formula is C10H16N4O3S. The maximum Gasteiger partial charge on any atom is 0.343 e. The molecule has 100 valence electrons. The number of hydrogen-bond donors (Lipinski definition) is 2. The van der Waals surface area contributed by atoms with Crippen molar-refractivity contribution in [1.29, 1.82) is 0 Å². The second-order valence-electron chi connectivity index (χ2n) is 4.10. The Hall–Kier alpha value is -1.28. The molecule has 8 heteroatoms. The van der Waals surface area contributed by atoms with E-state index in [0.29, 0.717) is 11.7 Å². The number of nitrogens with zero attached hydrogens (tertiary/aromatic N) is 2. The van der Waals surface area contributed by atoms with Crippen molar-refractivity contribution < 1.29 is 9.53 Å². The van der Waals surface area contributed by atoms with E-state index in [1.807, 2.05) is 0 Å². The van der Waals surface area contributed by atoms with Crippen molar-refractivity contribution in [2.75, 3.05) is 18.9 Å². The van der Waals surface area contributed by atoms with E-state index in [9.17, 15) is 9.59 Å². The third kappa shape index (κ3) is 3.36. The Labute approximate surface area is 108 Å². The van der Waals surface area contributed by atoms with Gasteiger partial charge in [0.05, 0.1) is 11.9 Å². The summed E-state index contributed by atoms with van der Waals surface area (Å²) in [6, 6.07) is 0. The maximum absolute atomic E-state index is 11.6. The first-order valence-corrected chi connectivity index (χ1v) is 6.78. The molecular weight excluding hydrogens is 256 g/mol. The lowest BCUT2D eigenvalue weighted by molar-refractivity contribution is -0.119. The summed E-state index contributed by atoms with van der Waals surface area (Å²) in [5.74, 6) is 0.163. The smallest absolute Gasteiger partial charge is 0.343 e. The zero-order chi connectivity index (χ0) is 13.0. The molecule has 0 spiro atoms. The van der Waals surface area contributed by atoms with Crippen molar-refractivity contribution in [2.24, 2.45) is 7.05 Å². The van der Waals surface area contributed by atoms with Crippen LogP contribution in [-0.2, 0) is 16.6 Å². The minimum Gasteiger partial charge on any atom is -0.376 e. The van der Waals surface area contributed by atoms with Crippen LogP contribution in [0.15, 0.2) is 9.95 Å². The molecule has 1 aromatic heterocycles. The van der Waals surface area contributed by atoms with Gasteiger partial charge in [-0.3, -0.25) is 9.36 Å². The molecule has 2 heterocycles. The van der Waals surface area contributed by atoms with Crippen LogP contribution in [0.1, 0.15) is 12.8 Å². The molecule has 0 unspecified atom stereocenters. The van der Waals surface area contributed by atoms with Gasteiger partial charge in [0.15, 0.2) is 5.16 Å². The van der Waals surface area contributed by atoms with Gasteiger partial charge in [0.2, 0.25) is 5.91 Å². The molecule has 1 aliphatic rings. The van der Waals surface area contributed by atoms with E-state index in [4.69, 9.17) is 4.74 Å². The lowest BCUT2D eigenvalue weighted by Gasteiger charge is -2.10. The molecule has 0 aromatic carbocycles. The van der Waals surface area contributed by atoms with Gasteiger partial charge < -0.3 is 10.1 Å². The number of carbonyl (C=O) groups is 1. The van der Waals surface area contributed by atoms with Crippen LogP contribution < -0.4 is 11.0 Å². The van der Waals surface area contributed by atoms with Crippen molar-refractivity contribution in [3.05, 3.63) is 10.5 Å². The Balaban J connectivity index is 1.71. The second kappa shape index (κ2) is 6.05. The lowest BCUT2D eigenvalue weighted by Crippen LogP contribution is -2.33. The van der Waals surface area contributed by atoms with E-state index in [0.717, 1.165) is 19.4 Å². The quantitative estimate of drug-likeness (QED) is 0.705. The Bertz CT molecular complexity index is 464. The van der Waals surface area contributed by atoms with E-state index in [1.165, 1.54) is 16.3 Å². The van der Waals surface area contributed by atoms with Gasteiger partial charge in [0.25, 0.3) is 0 Å². The summed E-state index contributed by atoms with van der Waals surface area (Å²) < 4.78 is 6.78. The van der Waals surface area contributed by atoms with Gasteiger partial charge in [0.1, 0.15) is 0 Å². The monoisotopic (exact) mass is 272 g/mol. The minimum absolute atomic E-state index is 0.0778. The summed E-state index contributed by atoms with van der Waals surface area (Å²) in [4.78, 5) is 22.7. The van der Waals surface area contributed by atoms with Crippen molar-refractivity contribution in [3.8, 4) is 0 Å². The Kier molecular flexibility index (Phi) is 4.43. The number of rotatable bonds is 5. The molecule has 2 N–H and O–H groups in total. The number of aromatic nitrogens is 3. The Morgan fingerprint density at radius 3 is 3.17 bits per heavy atom. The average molecular weight is 272 g/mol. The van der Waals surface area contributed by atoms with E-state index in [-0.39, 0.29) is 23.5 Å². The predicted molar refractivity (Wildman–Crippen MR) is 66.5 cm³/mol. The van der Waals surface area contributed by atoms with Gasteiger partial charge in [0, 0.05) is 20.2 Å². The summed E-state index contributed by atoms with van der Waals surface area (Å²) >= 11 is 1.23. The molecule has 1 aromatic rings. The van der Waals surface area contributed by atoms with Gasteiger partial charge in [-0.25, -0.2) is 9.89 Å². The van der Waals surface area contributed by atoms with E-state index in [2.05, 4.69) is 15.5 Å². The van der Waals surface area contributed by atoms with Gasteiger partial charge >= 0.3 is 5.69 Å². The SMILES string of the molecule is Cn1c(SCC(=O)NC[C@H]2CCCO2)n[nH]c1=O. The topological polar surface area (TPSA) is 89.0 Å². The largest absolute Gasteiger partial charge is 0.376 e. The third-order valence-corrected chi connectivity index (χ3v) is 3.75. The molecule has 0 radical (unpaired) electrons. The van der Waals surface area contributed by atoms with Gasteiger partial charge in [-0.2, -0.15) is 0 Å². The highest BCUT2D eigenvalue weighted by Gasteiger charge is 2.16. The first-order valence-electron chi connectivity index (χ1n) is 5.79. The van der Waals surface area contributed by atoms with Crippen LogP contribution in [-0.4, -0.2) is 45.7 Å². The molecule has 1 saturated heterocycles. The Morgan fingerprint density at radius 1 is 1.72 bits per heavy atom. The number of amides is 1. The number of hydrogen-bond acceptors (Lipinski definition) is 5. The molecule has 1 amide bonds. The molecule has 1 atom stereocenters. The van der Waals surface area contributed by atoms with Crippen molar-refractivity contribution in [2.45, 2.75) is 24.1 Å². The number of ether oxygens (including phenoxy) is 1. The number of aromatic amines is 1. The van der Waals surface area contributed by atoms with Crippen molar-refractivity contribution >= 4 is 17.7 Å². The van der Waals surface area contributed by atoms with Crippen molar-refractivity contribution in [1.82, 2.24) is 20.1 Å². The summed E-state index contributed by atoms with van der Waals surface area (Å²) in [7, 11) is 1.61. The summed E-state index contributed by atoms with van der Waals surface area (Å²) in [5, 5.41) is 9.45. The van der Waals surface area contributed by atoms with Crippen LogP contribution in [0.4, 0.5) is 0 Å². The van der Waals surface area contributed by atoms with Crippen LogP contribution in [0.25, 0.3) is 0 Å². The molecule has 18 heavy (non-hydrogen) atoms. The molecule has 0 bridgehead atoms. The van der Waals surface area contributed by atoms with Crippen LogP contribution in [0, 0.1) is 0 Å². The summed E-state index contributed by atoms with van der Waals surface area (Å²) in [5.41, 5.74) is -0.280. The van der Waals surface area contributed by atoms with E-state index in [1.54, 1.807) is 7.05 Å². The molecule has 1 fully saturated rings. The lowest BCUT2D eigenvalue weighted by atomic mass is 10.2. The average Bonchev–Trinajstić information content (AvgIpc) is 2.97. The molecule has 7 nitrogen and oxygen atoms in total. The highest BCUT2D eigenvalue weighted by Crippen LogP contribution is 2.12. The highest BCUT2D eigenvalue weighted by molar-refractivity contribution is 7.99. The number of nitrogens with one attached hydrogen (secondary N) is 2. The summed E-state index contributed by atoms with van der Waals surface area (Å²) in [6.07, 6.45) is 2.21. The number of thioether (sulfide) groups is 1. The zero-order valence-corrected chi connectivity index (χ0v) is 11.0. The van der Waals surface area contributed by atoms with E-state index >= 15 is 0 Å². The molecule has 0 saturated carbocycles. The first-order chi connectivity index (χ1) is 8.66. The fourth-order valence-electron chi connectivity index (χ4n) is 1.68. The maximum atomic E-state index is 11.6. The predicted octanol–water partition coefficient (Wildman–Crippen LogP) is -0.504. The van der Waals surface area contributed by atoms with Crippen LogP contribution >= 0.6 is 11.8 Å². The van der Waals surface area contributed by atoms with E-state index < -0.39 is 0 Å². The normalized spacial score (nSPS) is 19.1. The molecule has 0 aliphatic carbocycles. The fourth-order valence-corrected chi connectivity index (χ4v) is 2.42. The summed E-state index contributed by atoms with van der Waals surface area (Å²) in [6.45, 7) is 1.34. The minimum atomic E-state index is -0.280. The first kappa shape index (κ1) is 13.2. The fraction of sp³-hybridized carbons (Fsp3) is 0.700. The van der Waals surface area contributed by atoms with Gasteiger partial charge in [-0.1, -0.05) is 11.8 Å². The standard InChI is InChI=1S/C10H16N4O3S/c1-14-9(16)12-13-10(14)18-6-8(15)11-5-7-3-2-4-17-7/h7H,2-6H2,1H3,(H,11,15)(H,12,16)/t7-/m1/s1. The van der Waals surface area contributed by atoms with Gasteiger partial charge in [-0.05, 0) is 12.8 Å². The number of carbonyl (C=O) groups excluding carboxylic acids is 1. The van der Waals surface area contributed by atoms with Gasteiger partial charge in [-0.15, -0.1) is 5.10 Å². The highest BCUT2D eigenvalue weighted by atomic mass is 32.2. The number of H-pyrrole nitrogens is 1. The zero-order valence-electron chi connectivity index (χ0n) is 10.1. The van der Waals surface area contributed by atoms with Crippen LogP contribution in [0.3, 0.4) is 0 Å². The third-order valence-electron chi connectivity index (χ3n) is 2.72. The molecule has 1 aliphatic heterocycles. The van der Waals surface area contributed by atoms with Crippen molar-refractivity contribution in [3.63, 3.8) is 0 Å². The van der Waals surface area contributed by atoms with Crippen LogP contribution in [0.2, 0.25) is 0 Å². The second-order valence-corrected chi connectivity index (χ2v) is 5.04.